The molecular weight excluding hydrogens is 210 g/mol. The van der Waals surface area contributed by atoms with Crippen molar-refractivity contribution in [1.82, 2.24) is 0 Å². The van der Waals surface area contributed by atoms with Crippen molar-refractivity contribution in [2.75, 3.05) is 0 Å². The Bertz CT molecular complexity index is 209. The molecule has 0 saturated heterocycles. The Kier molecular flexibility index (Phi) is 4.37. The Morgan fingerprint density at radius 2 is 1.17 bits per heavy atom. The summed E-state index contributed by atoms with van der Waals surface area (Å²) < 4.78 is 20.5. The van der Waals surface area contributed by atoms with Crippen LogP contribution in [0.15, 0.2) is 0 Å². The Balaban J connectivity index is 0. The Morgan fingerprint density at radius 1 is 1.00 bits per heavy atom. The molecule has 0 saturated carbocycles. The first kappa shape index (κ1) is 14.8. The van der Waals surface area contributed by atoms with Crippen LogP contribution in [0.25, 0.3) is 0 Å². The van der Waals surface area contributed by atoms with Crippen molar-refractivity contribution in [3.63, 3.8) is 0 Å². The Morgan fingerprint density at radius 3 is 1.17 bits per heavy atom. The fourth-order valence-corrected chi connectivity index (χ4v) is 1.53. The van der Waals surface area contributed by atoms with Crippen molar-refractivity contribution in [1.29, 1.82) is 0 Å². The first-order chi connectivity index (χ1) is 4.50. The van der Waals surface area contributed by atoms with E-state index < -0.39 is 20.3 Å². The summed E-state index contributed by atoms with van der Waals surface area (Å²) in [6, 6.07) is 0. The summed E-state index contributed by atoms with van der Waals surface area (Å²) in [7, 11) is -10.4. The van der Waals surface area contributed by atoms with Gasteiger partial charge in [-0.05, 0) is 6.92 Å². The monoisotopic (exact) mass is 222 g/mol. The van der Waals surface area contributed by atoms with Gasteiger partial charge in [0, 0.05) is 0 Å². The van der Waals surface area contributed by atoms with Crippen LogP contribution in [-0.4, -0.2) is 29.8 Å². The highest BCUT2D eigenvalue weighted by Crippen LogP contribution is 2.66. The van der Waals surface area contributed by atoms with E-state index in [1.165, 1.54) is 0 Å². The average molecular weight is 222 g/mol. The summed E-state index contributed by atoms with van der Waals surface area (Å²) in [6.45, 7) is 0.383. The molecule has 0 heterocycles. The number of hydrogen-bond acceptors (Lipinski definition) is 3. The van der Waals surface area contributed by atoms with E-state index in [1.54, 1.807) is 0 Å². The maximum absolute atomic E-state index is 10.3. The number of rotatable bonds is 2. The molecule has 0 rings (SSSR count). The molecular formula is C3H12O7P2. The molecule has 0 aromatic heterocycles. The molecule has 5 N–H and O–H groups in total. The molecule has 0 fully saturated rings. The molecule has 0 amide bonds. The molecule has 9 heteroatoms. The average Bonchev–Trinajstić information content (AvgIpc) is 1.58. The van der Waals surface area contributed by atoms with E-state index in [9.17, 15) is 9.13 Å². The first-order valence-corrected chi connectivity index (χ1v) is 5.56. The molecule has 0 atom stereocenters. The third-order valence-electron chi connectivity index (χ3n) is 1.10. The maximum Gasteiger partial charge on any atom is 0.369 e. The van der Waals surface area contributed by atoms with Crippen LogP contribution in [0.5, 0.6) is 0 Å². The number of aliphatic hydroxyl groups is 1. The molecule has 12 heavy (non-hydrogen) atoms. The molecule has 7 nitrogen and oxygen atoms in total. The third kappa shape index (κ3) is 2.64. The lowest BCUT2D eigenvalue weighted by atomic mass is 10.9. The second-order valence-corrected chi connectivity index (χ2v) is 6.33. The highest BCUT2D eigenvalue weighted by molar-refractivity contribution is 7.71. The smallest absolute Gasteiger partial charge is 0.368 e. The predicted molar refractivity (Wildman–Crippen MR) is 41.4 cm³/mol. The van der Waals surface area contributed by atoms with Gasteiger partial charge >= 0.3 is 15.2 Å². The van der Waals surface area contributed by atoms with Crippen LogP contribution in [-0.2, 0) is 9.13 Å². The van der Waals surface area contributed by atoms with E-state index in [1.807, 2.05) is 0 Å². The molecule has 0 aliphatic carbocycles. The van der Waals surface area contributed by atoms with Crippen LogP contribution in [0.2, 0.25) is 0 Å². The summed E-state index contributed by atoms with van der Waals surface area (Å²) in [4.78, 5) is 33.0. The normalized spacial score (nSPS) is 13.8. The van der Waals surface area contributed by atoms with Gasteiger partial charge in [-0.1, -0.05) is 7.43 Å². The van der Waals surface area contributed by atoms with Crippen LogP contribution < -0.4 is 0 Å². The van der Waals surface area contributed by atoms with Gasteiger partial charge in [-0.25, -0.2) is 0 Å². The minimum atomic E-state index is -5.20. The molecule has 0 aliphatic rings. The van der Waals surface area contributed by atoms with Gasteiger partial charge in [-0.3, -0.25) is 9.13 Å². The summed E-state index contributed by atoms with van der Waals surface area (Å²) >= 11 is 0. The van der Waals surface area contributed by atoms with E-state index in [2.05, 4.69) is 0 Å². The lowest BCUT2D eigenvalue weighted by Gasteiger charge is -2.24. The molecule has 0 aromatic carbocycles. The van der Waals surface area contributed by atoms with E-state index >= 15 is 0 Å². The van der Waals surface area contributed by atoms with Gasteiger partial charge in [0.2, 0.25) is 0 Å². The SMILES string of the molecule is C.CC(O)(P(=O)(O)O)P(=O)(O)O. The third-order valence-corrected chi connectivity index (χ3v) is 4.87. The fourth-order valence-electron chi connectivity index (χ4n) is 0.170. The van der Waals surface area contributed by atoms with Crippen LogP contribution in [0.1, 0.15) is 14.4 Å². The van der Waals surface area contributed by atoms with Crippen LogP contribution in [0.4, 0.5) is 0 Å². The predicted octanol–water partition coefficient (Wildman–Crippen LogP) is -0.356. The second kappa shape index (κ2) is 3.55. The van der Waals surface area contributed by atoms with Crippen molar-refractivity contribution < 1.29 is 33.8 Å². The van der Waals surface area contributed by atoms with E-state index in [4.69, 9.17) is 24.7 Å². The van der Waals surface area contributed by atoms with Gasteiger partial charge in [0.1, 0.15) is 0 Å². The zero-order chi connectivity index (χ0) is 9.50. The van der Waals surface area contributed by atoms with E-state index in [0.29, 0.717) is 6.92 Å². The highest BCUT2D eigenvalue weighted by atomic mass is 31.2. The quantitative estimate of drug-likeness (QED) is 0.402. The zero-order valence-electron chi connectivity index (χ0n) is 5.45. The first-order valence-electron chi connectivity index (χ1n) is 2.34. The van der Waals surface area contributed by atoms with Gasteiger partial charge in [0.15, 0.2) is 0 Å². The van der Waals surface area contributed by atoms with Crippen molar-refractivity contribution in [3.05, 3.63) is 0 Å². The molecule has 0 spiro atoms. The minimum Gasteiger partial charge on any atom is -0.368 e. The van der Waals surface area contributed by atoms with E-state index in [-0.39, 0.29) is 7.43 Å². The molecule has 0 radical (unpaired) electrons. The molecule has 0 aromatic rings. The van der Waals surface area contributed by atoms with Gasteiger partial charge in [0.25, 0.3) is 5.08 Å². The summed E-state index contributed by atoms with van der Waals surface area (Å²) in [5.41, 5.74) is 0. The fraction of sp³-hybridized carbons (Fsp3) is 1.00. The molecule has 0 unspecified atom stereocenters. The summed E-state index contributed by atoms with van der Waals surface area (Å²) in [5, 5.41) is 5.37. The summed E-state index contributed by atoms with van der Waals surface area (Å²) in [6.07, 6.45) is 0. The minimum absolute atomic E-state index is 0. The second-order valence-electron chi connectivity index (χ2n) is 2.06. The lowest BCUT2D eigenvalue weighted by Crippen LogP contribution is -2.23. The standard InChI is InChI=1S/C2H8O7P2.CH4/c1-2(3,10(4,5)6)11(7,8)9;/h3H,1H3,(H2,4,5,6)(H2,7,8,9);1H4. The van der Waals surface area contributed by atoms with Gasteiger partial charge < -0.3 is 24.7 Å². The largest absolute Gasteiger partial charge is 0.369 e. The zero-order valence-corrected chi connectivity index (χ0v) is 7.24. The van der Waals surface area contributed by atoms with Crippen LogP contribution in [0.3, 0.4) is 0 Å². The molecule has 76 valence electrons. The number of hydrogen-bond donors (Lipinski definition) is 5. The van der Waals surface area contributed by atoms with Crippen LogP contribution in [0, 0.1) is 0 Å². The van der Waals surface area contributed by atoms with Gasteiger partial charge in [-0.2, -0.15) is 0 Å². The highest BCUT2D eigenvalue weighted by Gasteiger charge is 2.55. The molecule has 0 bridgehead atoms. The van der Waals surface area contributed by atoms with Crippen molar-refractivity contribution in [2.24, 2.45) is 0 Å². The topological polar surface area (TPSA) is 135 Å². The van der Waals surface area contributed by atoms with Crippen molar-refractivity contribution in [2.45, 2.75) is 19.4 Å². The van der Waals surface area contributed by atoms with Crippen molar-refractivity contribution >= 4 is 15.2 Å². The lowest BCUT2D eigenvalue weighted by molar-refractivity contribution is 0.146. The van der Waals surface area contributed by atoms with Crippen LogP contribution >= 0.6 is 15.2 Å². The maximum atomic E-state index is 10.3. The Labute approximate surface area is 69.4 Å². The van der Waals surface area contributed by atoms with Gasteiger partial charge in [-0.15, -0.1) is 0 Å². The molecule has 0 aliphatic heterocycles. The Hall–Kier alpha value is 0.260. The summed E-state index contributed by atoms with van der Waals surface area (Å²) in [5.74, 6) is 0. The van der Waals surface area contributed by atoms with Gasteiger partial charge in [0.05, 0.1) is 0 Å². The van der Waals surface area contributed by atoms with E-state index in [0.717, 1.165) is 0 Å². The van der Waals surface area contributed by atoms with Crippen molar-refractivity contribution in [3.8, 4) is 0 Å².